The van der Waals surface area contributed by atoms with Crippen molar-refractivity contribution in [1.82, 2.24) is 14.9 Å². The lowest BCUT2D eigenvalue weighted by atomic mass is 10.1. The van der Waals surface area contributed by atoms with Crippen molar-refractivity contribution in [1.29, 1.82) is 0 Å². The van der Waals surface area contributed by atoms with Gasteiger partial charge in [-0.3, -0.25) is 0 Å². The lowest BCUT2D eigenvalue weighted by Crippen LogP contribution is -2.05. The van der Waals surface area contributed by atoms with Gasteiger partial charge in [0.25, 0.3) is 0 Å². The Morgan fingerprint density at radius 1 is 1.35 bits per heavy atom. The molecule has 0 aliphatic rings. The second-order valence-corrected chi connectivity index (χ2v) is 6.49. The van der Waals surface area contributed by atoms with E-state index < -0.39 is 5.82 Å². The molecular formula is C18H16ClFN4OS. The van der Waals surface area contributed by atoms with Gasteiger partial charge in [-0.2, -0.15) is 14.9 Å². The number of aromatic nitrogens is 3. The zero-order valence-corrected chi connectivity index (χ0v) is 15.7. The fourth-order valence-corrected chi connectivity index (χ4v) is 2.80. The smallest absolute Gasteiger partial charge is 0.216 e. The number of nitrogens with one attached hydrogen (secondary N) is 1. The van der Waals surface area contributed by atoms with Crippen molar-refractivity contribution in [3.63, 3.8) is 0 Å². The Morgan fingerprint density at radius 2 is 2.15 bits per heavy atom. The molecule has 0 amide bonds. The van der Waals surface area contributed by atoms with Gasteiger partial charge in [0.1, 0.15) is 18.2 Å². The zero-order valence-electron chi connectivity index (χ0n) is 14.2. The van der Waals surface area contributed by atoms with Gasteiger partial charge in [-0.25, -0.2) is 9.49 Å². The van der Waals surface area contributed by atoms with Crippen LogP contribution in [0.3, 0.4) is 0 Å². The molecule has 0 aliphatic heterocycles. The number of H-pyrrole nitrogens is 1. The number of halogens is 2. The van der Waals surface area contributed by atoms with Gasteiger partial charge in [0.2, 0.25) is 4.77 Å². The normalized spacial score (nSPS) is 11.2. The molecular weight excluding hydrogens is 375 g/mol. The van der Waals surface area contributed by atoms with Crippen LogP contribution in [-0.2, 0) is 6.61 Å². The minimum atomic E-state index is -0.468. The number of benzene rings is 2. The van der Waals surface area contributed by atoms with Gasteiger partial charge in [-0.1, -0.05) is 35.4 Å². The van der Waals surface area contributed by atoms with Crippen LogP contribution in [0.2, 0.25) is 5.02 Å². The van der Waals surface area contributed by atoms with Crippen LogP contribution in [0.25, 0.3) is 0 Å². The first-order chi connectivity index (χ1) is 12.5. The minimum Gasteiger partial charge on any atom is -0.485 e. The summed E-state index contributed by atoms with van der Waals surface area (Å²) in [6.07, 6.45) is 1.31. The Kier molecular flexibility index (Phi) is 5.49. The predicted octanol–water partition coefficient (Wildman–Crippen LogP) is 4.81. The van der Waals surface area contributed by atoms with Crippen LogP contribution < -0.4 is 4.74 Å². The maximum absolute atomic E-state index is 13.9. The third-order valence-electron chi connectivity index (χ3n) is 3.71. The molecule has 1 heterocycles. The quantitative estimate of drug-likeness (QED) is 0.502. The fraction of sp³-hybridized carbons (Fsp3) is 0.167. The number of rotatable bonds is 5. The van der Waals surface area contributed by atoms with Crippen molar-refractivity contribution < 1.29 is 9.13 Å². The molecule has 0 saturated heterocycles. The van der Waals surface area contributed by atoms with E-state index in [2.05, 4.69) is 15.3 Å². The highest BCUT2D eigenvalue weighted by Gasteiger charge is 2.09. The Bertz CT molecular complexity index is 1010. The maximum Gasteiger partial charge on any atom is 0.216 e. The van der Waals surface area contributed by atoms with E-state index in [0.717, 1.165) is 16.9 Å². The highest BCUT2D eigenvalue weighted by Crippen LogP contribution is 2.20. The first-order valence-electron chi connectivity index (χ1n) is 7.80. The van der Waals surface area contributed by atoms with Crippen LogP contribution >= 0.6 is 23.8 Å². The molecule has 0 radical (unpaired) electrons. The maximum atomic E-state index is 13.9. The molecule has 2 aromatic carbocycles. The van der Waals surface area contributed by atoms with E-state index in [1.54, 1.807) is 6.07 Å². The van der Waals surface area contributed by atoms with Crippen molar-refractivity contribution >= 4 is 30.0 Å². The second kappa shape index (κ2) is 7.80. The lowest BCUT2D eigenvalue weighted by Gasteiger charge is -2.09. The summed E-state index contributed by atoms with van der Waals surface area (Å²) in [5, 5.41) is 11.2. The number of hydrogen-bond donors (Lipinski definition) is 1. The van der Waals surface area contributed by atoms with Crippen molar-refractivity contribution in [2.24, 2.45) is 5.10 Å². The van der Waals surface area contributed by atoms with E-state index in [0.29, 0.717) is 5.82 Å². The molecule has 3 aromatic rings. The van der Waals surface area contributed by atoms with Gasteiger partial charge >= 0.3 is 0 Å². The topological polar surface area (TPSA) is 55.2 Å². The molecule has 0 fully saturated rings. The third-order valence-corrected chi connectivity index (χ3v) is 4.30. The van der Waals surface area contributed by atoms with Crippen molar-refractivity contribution in [2.75, 3.05) is 0 Å². The number of aromatic amines is 1. The molecule has 3 rings (SSSR count). The largest absolute Gasteiger partial charge is 0.485 e. The summed E-state index contributed by atoms with van der Waals surface area (Å²) in [4.78, 5) is 0. The van der Waals surface area contributed by atoms with Gasteiger partial charge < -0.3 is 4.74 Å². The molecule has 0 unspecified atom stereocenters. The molecule has 0 aliphatic carbocycles. The first-order valence-corrected chi connectivity index (χ1v) is 8.59. The highest BCUT2D eigenvalue weighted by atomic mass is 35.5. The van der Waals surface area contributed by atoms with Crippen LogP contribution in [0.4, 0.5) is 4.39 Å². The molecule has 5 nitrogen and oxygen atoms in total. The lowest BCUT2D eigenvalue weighted by molar-refractivity contribution is 0.288. The van der Waals surface area contributed by atoms with Crippen LogP contribution in [0.15, 0.2) is 41.5 Å². The van der Waals surface area contributed by atoms with E-state index in [-0.39, 0.29) is 22.0 Å². The number of ether oxygens (including phenoxy) is 1. The van der Waals surface area contributed by atoms with Gasteiger partial charge in [-0.05, 0) is 49.8 Å². The summed E-state index contributed by atoms with van der Waals surface area (Å²) in [5.41, 5.74) is 2.36. The Labute approximate surface area is 160 Å². The molecule has 0 atom stereocenters. The number of nitrogens with zero attached hydrogens (tertiary/aromatic N) is 3. The fourth-order valence-electron chi connectivity index (χ4n) is 2.39. The van der Waals surface area contributed by atoms with E-state index >= 15 is 0 Å². The van der Waals surface area contributed by atoms with E-state index in [1.807, 2.05) is 32.0 Å². The second-order valence-electron chi connectivity index (χ2n) is 5.69. The standard InChI is InChI=1S/C18H16ClFN4OS/c1-11-6-7-16(12(2)8-11)25-10-17-22-23-18(26)24(17)21-9-13-14(19)4-3-5-15(13)20/h3-9H,10H2,1-2H3,(H,23,26). The summed E-state index contributed by atoms with van der Waals surface area (Å²) in [7, 11) is 0. The molecule has 0 saturated carbocycles. The Morgan fingerprint density at radius 3 is 2.88 bits per heavy atom. The van der Waals surface area contributed by atoms with Gasteiger partial charge in [0.05, 0.1) is 11.2 Å². The number of aryl methyl sites for hydroxylation is 2. The van der Waals surface area contributed by atoms with E-state index in [4.69, 9.17) is 28.6 Å². The molecule has 0 spiro atoms. The Hall–Kier alpha value is -2.51. The monoisotopic (exact) mass is 390 g/mol. The zero-order chi connectivity index (χ0) is 18.7. The average molecular weight is 391 g/mol. The highest BCUT2D eigenvalue weighted by molar-refractivity contribution is 7.71. The Balaban J connectivity index is 1.83. The SMILES string of the molecule is Cc1ccc(OCc2n[nH]c(=S)n2N=Cc2c(F)cccc2Cl)c(C)c1. The summed E-state index contributed by atoms with van der Waals surface area (Å²) in [6.45, 7) is 4.14. The van der Waals surface area contributed by atoms with E-state index in [1.165, 1.54) is 23.0 Å². The molecule has 1 aromatic heterocycles. The van der Waals surface area contributed by atoms with E-state index in [9.17, 15) is 4.39 Å². The van der Waals surface area contributed by atoms with Gasteiger partial charge in [0.15, 0.2) is 5.82 Å². The van der Waals surface area contributed by atoms with Crippen LogP contribution in [0.5, 0.6) is 5.75 Å². The van der Waals surface area contributed by atoms with Crippen LogP contribution in [0, 0.1) is 24.4 Å². The predicted molar refractivity (Wildman–Crippen MR) is 102 cm³/mol. The summed E-state index contributed by atoms with van der Waals surface area (Å²) >= 11 is 11.2. The average Bonchev–Trinajstić information content (AvgIpc) is 2.94. The van der Waals surface area contributed by atoms with Gasteiger partial charge in [0, 0.05) is 5.56 Å². The summed E-state index contributed by atoms with van der Waals surface area (Å²) < 4.78 is 21.3. The molecule has 134 valence electrons. The molecule has 26 heavy (non-hydrogen) atoms. The van der Waals surface area contributed by atoms with Crippen molar-refractivity contribution in [3.8, 4) is 5.75 Å². The summed E-state index contributed by atoms with van der Waals surface area (Å²) in [5.74, 6) is 0.736. The molecule has 1 N–H and O–H groups in total. The van der Waals surface area contributed by atoms with Gasteiger partial charge in [-0.15, -0.1) is 0 Å². The molecule has 0 bridgehead atoms. The first kappa shape index (κ1) is 18.3. The van der Waals surface area contributed by atoms with Crippen molar-refractivity contribution in [2.45, 2.75) is 20.5 Å². The number of hydrogen-bond acceptors (Lipinski definition) is 4. The van der Waals surface area contributed by atoms with Crippen molar-refractivity contribution in [3.05, 3.63) is 74.5 Å². The van der Waals surface area contributed by atoms with Crippen LogP contribution in [0.1, 0.15) is 22.5 Å². The summed E-state index contributed by atoms with van der Waals surface area (Å²) in [6, 6.07) is 10.3. The third kappa shape index (κ3) is 4.00. The molecule has 8 heteroatoms. The van der Waals surface area contributed by atoms with Crippen LogP contribution in [-0.4, -0.2) is 21.1 Å². The minimum absolute atomic E-state index is 0.152.